The maximum atomic E-state index is 12.6. The molecule has 3 aromatic rings. The number of rotatable bonds is 3. The topological polar surface area (TPSA) is 107 Å². The van der Waals surface area contributed by atoms with Crippen LogP contribution in [-0.4, -0.2) is 19.5 Å². The van der Waals surface area contributed by atoms with E-state index in [4.69, 9.17) is 5.26 Å². The summed E-state index contributed by atoms with van der Waals surface area (Å²) < 4.78 is 1.75. The lowest BCUT2D eigenvalue weighted by Gasteiger charge is -2.30. The van der Waals surface area contributed by atoms with E-state index in [1.54, 1.807) is 10.8 Å². The number of aromatic amines is 2. The van der Waals surface area contributed by atoms with Gasteiger partial charge in [0.05, 0.1) is 17.0 Å². The molecule has 0 saturated heterocycles. The first-order valence-corrected chi connectivity index (χ1v) is 8.66. The zero-order valence-electron chi connectivity index (χ0n) is 13.8. The Balaban J connectivity index is 1.80. The van der Waals surface area contributed by atoms with Gasteiger partial charge in [-0.1, -0.05) is 0 Å². The molecule has 1 fully saturated rings. The average molecular weight is 337 g/mol. The molecule has 0 radical (unpaired) electrons. The average Bonchev–Trinajstić information content (AvgIpc) is 3.10. The van der Waals surface area contributed by atoms with Crippen LogP contribution in [0.1, 0.15) is 44.6 Å². The SMILES string of the molecule is N#CCCC1CCC(n2c(=O)[nH]c(=O)c3cnc4[nH]ccc4c32)CC1. The number of nitriles is 1. The molecule has 0 aromatic carbocycles. The monoisotopic (exact) mass is 337 g/mol. The van der Waals surface area contributed by atoms with Crippen LogP contribution >= 0.6 is 0 Å². The summed E-state index contributed by atoms with van der Waals surface area (Å²) in [5, 5.41) is 9.99. The number of hydrogen-bond acceptors (Lipinski definition) is 4. The highest BCUT2D eigenvalue weighted by molar-refractivity contribution is 6.01. The lowest BCUT2D eigenvalue weighted by molar-refractivity contribution is 0.264. The molecule has 128 valence electrons. The van der Waals surface area contributed by atoms with Crippen LogP contribution in [0.3, 0.4) is 0 Å². The molecule has 3 aromatic heterocycles. The maximum Gasteiger partial charge on any atom is 0.329 e. The molecule has 0 aliphatic heterocycles. The highest BCUT2D eigenvalue weighted by Crippen LogP contribution is 2.35. The number of nitrogens with one attached hydrogen (secondary N) is 2. The van der Waals surface area contributed by atoms with E-state index >= 15 is 0 Å². The minimum Gasteiger partial charge on any atom is -0.346 e. The van der Waals surface area contributed by atoms with Crippen LogP contribution in [-0.2, 0) is 0 Å². The van der Waals surface area contributed by atoms with E-state index in [9.17, 15) is 9.59 Å². The summed E-state index contributed by atoms with van der Waals surface area (Å²) in [7, 11) is 0. The molecule has 1 aliphatic carbocycles. The van der Waals surface area contributed by atoms with E-state index < -0.39 is 5.56 Å². The molecule has 0 bridgehead atoms. The fourth-order valence-electron chi connectivity index (χ4n) is 4.05. The number of pyridine rings is 1. The summed E-state index contributed by atoms with van der Waals surface area (Å²) in [6, 6.07) is 4.13. The van der Waals surface area contributed by atoms with Crippen LogP contribution in [0.15, 0.2) is 28.0 Å². The third kappa shape index (κ3) is 2.64. The minimum absolute atomic E-state index is 0.0608. The van der Waals surface area contributed by atoms with Gasteiger partial charge in [-0.3, -0.25) is 14.3 Å². The summed E-state index contributed by atoms with van der Waals surface area (Å²) in [4.78, 5) is 34.6. The Morgan fingerprint density at radius 2 is 2.04 bits per heavy atom. The van der Waals surface area contributed by atoms with Crippen molar-refractivity contribution < 1.29 is 0 Å². The van der Waals surface area contributed by atoms with Gasteiger partial charge in [0.1, 0.15) is 5.65 Å². The van der Waals surface area contributed by atoms with E-state index in [2.05, 4.69) is 21.0 Å². The van der Waals surface area contributed by atoms with E-state index in [1.165, 1.54) is 6.20 Å². The molecule has 25 heavy (non-hydrogen) atoms. The van der Waals surface area contributed by atoms with Crippen molar-refractivity contribution in [3.8, 4) is 6.07 Å². The van der Waals surface area contributed by atoms with Gasteiger partial charge in [0.25, 0.3) is 5.56 Å². The normalized spacial score (nSPS) is 20.8. The molecule has 1 aliphatic rings. The Kier molecular flexibility index (Phi) is 3.88. The molecular weight excluding hydrogens is 318 g/mol. The molecule has 0 atom stereocenters. The van der Waals surface area contributed by atoms with Crippen LogP contribution in [0.2, 0.25) is 0 Å². The zero-order chi connectivity index (χ0) is 17.4. The summed E-state index contributed by atoms with van der Waals surface area (Å²) in [6.45, 7) is 0. The van der Waals surface area contributed by atoms with Crippen LogP contribution < -0.4 is 11.2 Å². The predicted octanol–water partition coefficient (Wildman–Crippen LogP) is 2.60. The van der Waals surface area contributed by atoms with E-state index in [-0.39, 0.29) is 11.7 Å². The standard InChI is InChI=1S/C18H19N5O2/c19-8-1-2-11-3-5-12(6-4-11)23-15-13-7-9-20-16(13)21-10-14(15)17(24)22-18(23)25/h7,9-12H,1-6H2,(H,20,21)(H,22,24,25). The Morgan fingerprint density at radius 3 is 2.80 bits per heavy atom. The van der Waals surface area contributed by atoms with Crippen LogP contribution in [0.5, 0.6) is 0 Å². The smallest absolute Gasteiger partial charge is 0.329 e. The van der Waals surface area contributed by atoms with Gasteiger partial charge in [0.15, 0.2) is 0 Å². The summed E-state index contributed by atoms with van der Waals surface area (Å²) in [5.41, 5.74) is 0.593. The number of H-pyrrole nitrogens is 2. The molecule has 7 heteroatoms. The van der Waals surface area contributed by atoms with Gasteiger partial charge in [-0.05, 0) is 44.1 Å². The minimum atomic E-state index is -0.394. The molecule has 4 rings (SSSR count). The fraction of sp³-hybridized carbons (Fsp3) is 0.444. The molecule has 0 spiro atoms. The van der Waals surface area contributed by atoms with Gasteiger partial charge in [-0.15, -0.1) is 0 Å². The Hall–Kier alpha value is -2.88. The third-order valence-corrected chi connectivity index (χ3v) is 5.33. The maximum absolute atomic E-state index is 12.6. The molecule has 7 nitrogen and oxygen atoms in total. The quantitative estimate of drug-likeness (QED) is 0.766. The Labute approximate surface area is 143 Å². The molecule has 0 amide bonds. The van der Waals surface area contributed by atoms with Crippen molar-refractivity contribution in [3.05, 3.63) is 39.3 Å². The van der Waals surface area contributed by atoms with Crippen molar-refractivity contribution in [1.29, 1.82) is 5.26 Å². The van der Waals surface area contributed by atoms with E-state index in [1.807, 2.05) is 6.07 Å². The molecular formula is C18H19N5O2. The van der Waals surface area contributed by atoms with Crippen LogP contribution in [0.25, 0.3) is 21.9 Å². The second kappa shape index (κ2) is 6.20. The fourth-order valence-corrected chi connectivity index (χ4v) is 4.05. The van der Waals surface area contributed by atoms with Gasteiger partial charge in [-0.25, -0.2) is 9.78 Å². The first-order valence-electron chi connectivity index (χ1n) is 8.66. The van der Waals surface area contributed by atoms with Crippen molar-refractivity contribution >= 4 is 21.9 Å². The highest BCUT2D eigenvalue weighted by atomic mass is 16.2. The second-order valence-electron chi connectivity index (χ2n) is 6.76. The van der Waals surface area contributed by atoms with Gasteiger partial charge in [0, 0.05) is 30.2 Å². The highest BCUT2D eigenvalue weighted by Gasteiger charge is 2.25. The van der Waals surface area contributed by atoms with Crippen molar-refractivity contribution in [2.24, 2.45) is 5.92 Å². The second-order valence-corrected chi connectivity index (χ2v) is 6.76. The molecule has 1 saturated carbocycles. The predicted molar refractivity (Wildman–Crippen MR) is 94.3 cm³/mol. The van der Waals surface area contributed by atoms with Crippen molar-refractivity contribution in [2.45, 2.75) is 44.6 Å². The molecule has 2 N–H and O–H groups in total. The van der Waals surface area contributed by atoms with Gasteiger partial charge >= 0.3 is 5.69 Å². The number of nitrogens with zero attached hydrogens (tertiary/aromatic N) is 3. The van der Waals surface area contributed by atoms with Crippen LogP contribution in [0, 0.1) is 17.2 Å². The molecule has 0 unspecified atom stereocenters. The third-order valence-electron chi connectivity index (χ3n) is 5.33. The Morgan fingerprint density at radius 1 is 1.24 bits per heavy atom. The number of fused-ring (bicyclic) bond motifs is 3. The van der Waals surface area contributed by atoms with Gasteiger partial charge in [0.2, 0.25) is 0 Å². The van der Waals surface area contributed by atoms with Crippen molar-refractivity contribution in [2.75, 3.05) is 0 Å². The van der Waals surface area contributed by atoms with Crippen molar-refractivity contribution in [3.63, 3.8) is 0 Å². The molecule has 3 heterocycles. The Bertz CT molecular complexity index is 1080. The van der Waals surface area contributed by atoms with Gasteiger partial charge < -0.3 is 4.98 Å². The lowest BCUT2D eigenvalue weighted by atomic mass is 9.83. The van der Waals surface area contributed by atoms with E-state index in [0.29, 0.717) is 28.9 Å². The van der Waals surface area contributed by atoms with E-state index in [0.717, 1.165) is 37.5 Å². The number of aromatic nitrogens is 4. The number of hydrogen-bond donors (Lipinski definition) is 2. The summed E-state index contributed by atoms with van der Waals surface area (Å²) in [6.07, 6.45) is 8.58. The van der Waals surface area contributed by atoms with Crippen LogP contribution in [0.4, 0.5) is 0 Å². The summed E-state index contributed by atoms with van der Waals surface area (Å²) >= 11 is 0. The largest absolute Gasteiger partial charge is 0.346 e. The first-order chi connectivity index (χ1) is 12.2. The zero-order valence-corrected chi connectivity index (χ0v) is 13.8. The lowest BCUT2D eigenvalue weighted by Crippen LogP contribution is -2.34. The van der Waals surface area contributed by atoms with Gasteiger partial charge in [-0.2, -0.15) is 5.26 Å². The summed E-state index contributed by atoms with van der Waals surface area (Å²) in [5.74, 6) is 0.551. The first kappa shape index (κ1) is 15.6. The van der Waals surface area contributed by atoms with Crippen molar-refractivity contribution in [1.82, 2.24) is 19.5 Å².